The van der Waals surface area contributed by atoms with Gasteiger partial charge < -0.3 is 9.47 Å². The van der Waals surface area contributed by atoms with E-state index in [9.17, 15) is 0 Å². The minimum absolute atomic E-state index is 0.462. The maximum atomic E-state index is 5.55. The summed E-state index contributed by atoms with van der Waals surface area (Å²) in [5.41, 5.74) is 1.22. The number of rotatable bonds is 6. The van der Waals surface area contributed by atoms with Crippen molar-refractivity contribution in [3.8, 4) is 0 Å². The Morgan fingerprint density at radius 2 is 1.86 bits per heavy atom. The molecule has 0 unspecified atom stereocenters. The SMILES string of the molecule is COC[C@H](C)COCc1ccccc1. The lowest BCUT2D eigenvalue weighted by atomic mass is 10.2. The molecule has 0 aliphatic carbocycles. The lowest BCUT2D eigenvalue weighted by molar-refractivity contribution is 0.0561. The van der Waals surface area contributed by atoms with Crippen LogP contribution in [-0.4, -0.2) is 20.3 Å². The third-order valence-electron chi connectivity index (χ3n) is 1.97. The van der Waals surface area contributed by atoms with Gasteiger partial charge >= 0.3 is 0 Å². The molecule has 0 saturated carbocycles. The van der Waals surface area contributed by atoms with Gasteiger partial charge in [-0.3, -0.25) is 0 Å². The van der Waals surface area contributed by atoms with E-state index in [1.165, 1.54) is 5.56 Å². The summed E-state index contributed by atoms with van der Waals surface area (Å²) >= 11 is 0. The van der Waals surface area contributed by atoms with Crippen LogP contribution >= 0.6 is 0 Å². The van der Waals surface area contributed by atoms with Crippen molar-refractivity contribution in [2.45, 2.75) is 13.5 Å². The molecule has 0 heterocycles. The Morgan fingerprint density at radius 3 is 2.50 bits per heavy atom. The van der Waals surface area contributed by atoms with Gasteiger partial charge in [0, 0.05) is 13.0 Å². The molecule has 0 radical (unpaired) electrons. The molecule has 0 aliphatic heterocycles. The fraction of sp³-hybridized carbons (Fsp3) is 0.500. The molecular weight excluding hydrogens is 176 g/mol. The fourth-order valence-corrected chi connectivity index (χ4v) is 1.28. The minimum atomic E-state index is 0.462. The smallest absolute Gasteiger partial charge is 0.0717 e. The highest BCUT2D eigenvalue weighted by atomic mass is 16.5. The molecule has 0 saturated heterocycles. The van der Waals surface area contributed by atoms with E-state index in [-0.39, 0.29) is 0 Å². The van der Waals surface area contributed by atoms with Crippen LogP contribution in [0.15, 0.2) is 30.3 Å². The van der Waals surface area contributed by atoms with Crippen LogP contribution in [0.3, 0.4) is 0 Å². The summed E-state index contributed by atoms with van der Waals surface area (Å²) in [7, 11) is 1.72. The normalized spacial score (nSPS) is 12.7. The Morgan fingerprint density at radius 1 is 1.14 bits per heavy atom. The molecule has 0 amide bonds. The van der Waals surface area contributed by atoms with Gasteiger partial charge in [0.25, 0.3) is 0 Å². The van der Waals surface area contributed by atoms with Gasteiger partial charge in [-0.1, -0.05) is 37.3 Å². The standard InChI is InChI=1S/C12H18O2/c1-11(8-13-2)9-14-10-12-6-4-3-5-7-12/h3-7,11H,8-10H2,1-2H3/t11-/m0/s1. The highest BCUT2D eigenvalue weighted by Crippen LogP contribution is 2.03. The maximum Gasteiger partial charge on any atom is 0.0717 e. The molecule has 1 aromatic rings. The number of ether oxygens (including phenoxy) is 2. The van der Waals surface area contributed by atoms with E-state index < -0.39 is 0 Å². The zero-order valence-corrected chi connectivity index (χ0v) is 8.90. The first-order valence-electron chi connectivity index (χ1n) is 4.93. The van der Waals surface area contributed by atoms with E-state index in [4.69, 9.17) is 9.47 Å². The van der Waals surface area contributed by atoms with Gasteiger partial charge in [0.2, 0.25) is 0 Å². The summed E-state index contributed by atoms with van der Waals surface area (Å²) in [6.45, 7) is 4.32. The van der Waals surface area contributed by atoms with Gasteiger partial charge in [-0.15, -0.1) is 0 Å². The topological polar surface area (TPSA) is 18.5 Å². The Labute approximate surface area is 85.8 Å². The molecular formula is C12H18O2. The summed E-state index contributed by atoms with van der Waals surface area (Å²) in [4.78, 5) is 0. The van der Waals surface area contributed by atoms with E-state index in [1.54, 1.807) is 7.11 Å². The van der Waals surface area contributed by atoms with Crippen LogP contribution < -0.4 is 0 Å². The fourth-order valence-electron chi connectivity index (χ4n) is 1.28. The first-order valence-corrected chi connectivity index (χ1v) is 4.93. The average Bonchev–Trinajstić information content (AvgIpc) is 2.20. The van der Waals surface area contributed by atoms with Gasteiger partial charge in [0.1, 0.15) is 0 Å². The van der Waals surface area contributed by atoms with Gasteiger partial charge in [-0.05, 0) is 5.56 Å². The molecule has 0 aromatic heterocycles. The number of methoxy groups -OCH3 is 1. The van der Waals surface area contributed by atoms with Crippen molar-refractivity contribution < 1.29 is 9.47 Å². The zero-order chi connectivity index (χ0) is 10.2. The van der Waals surface area contributed by atoms with E-state index in [0.717, 1.165) is 13.2 Å². The Kier molecular flexibility index (Phi) is 5.27. The Balaban J connectivity index is 2.16. The first-order chi connectivity index (χ1) is 6.83. The molecule has 0 fully saturated rings. The van der Waals surface area contributed by atoms with E-state index in [2.05, 4.69) is 19.1 Å². The van der Waals surface area contributed by atoms with Crippen molar-refractivity contribution in [1.82, 2.24) is 0 Å². The van der Waals surface area contributed by atoms with Crippen LogP contribution in [0.25, 0.3) is 0 Å². The van der Waals surface area contributed by atoms with Crippen LogP contribution in [0.5, 0.6) is 0 Å². The van der Waals surface area contributed by atoms with Crippen LogP contribution in [0, 0.1) is 5.92 Å². The monoisotopic (exact) mass is 194 g/mol. The van der Waals surface area contributed by atoms with E-state index in [1.807, 2.05) is 18.2 Å². The largest absolute Gasteiger partial charge is 0.384 e. The van der Waals surface area contributed by atoms with Crippen molar-refractivity contribution in [2.75, 3.05) is 20.3 Å². The lowest BCUT2D eigenvalue weighted by Gasteiger charge is -2.10. The van der Waals surface area contributed by atoms with Crippen molar-refractivity contribution >= 4 is 0 Å². The molecule has 78 valence electrons. The quantitative estimate of drug-likeness (QED) is 0.692. The second-order valence-electron chi connectivity index (χ2n) is 3.56. The second-order valence-corrected chi connectivity index (χ2v) is 3.56. The molecule has 0 aliphatic rings. The van der Waals surface area contributed by atoms with Gasteiger partial charge in [-0.25, -0.2) is 0 Å². The van der Waals surface area contributed by atoms with Crippen molar-refractivity contribution in [2.24, 2.45) is 5.92 Å². The summed E-state index contributed by atoms with van der Waals surface area (Å²) in [6.07, 6.45) is 0. The Bertz CT molecular complexity index is 233. The number of hydrogen-bond acceptors (Lipinski definition) is 2. The molecule has 1 aromatic carbocycles. The van der Waals surface area contributed by atoms with Crippen molar-refractivity contribution in [3.05, 3.63) is 35.9 Å². The lowest BCUT2D eigenvalue weighted by Crippen LogP contribution is -2.11. The van der Waals surface area contributed by atoms with Gasteiger partial charge in [0.15, 0.2) is 0 Å². The first kappa shape index (κ1) is 11.2. The summed E-state index contributed by atoms with van der Waals surface area (Å²) in [5, 5.41) is 0. The van der Waals surface area contributed by atoms with E-state index >= 15 is 0 Å². The molecule has 0 bridgehead atoms. The second kappa shape index (κ2) is 6.57. The maximum absolute atomic E-state index is 5.55. The van der Waals surface area contributed by atoms with Crippen LogP contribution in [-0.2, 0) is 16.1 Å². The van der Waals surface area contributed by atoms with Crippen LogP contribution in [0.4, 0.5) is 0 Å². The predicted octanol–water partition coefficient (Wildman–Crippen LogP) is 2.49. The summed E-state index contributed by atoms with van der Waals surface area (Å²) in [5.74, 6) is 0.462. The molecule has 2 heteroatoms. The molecule has 0 spiro atoms. The minimum Gasteiger partial charge on any atom is -0.384 e. The van der Waals surface area contributed by atoms with E-state index in [0.29, 0.717) is 12.5 Å². The van der Waals surface area contributed by atoms with Gasteiger partial charge in [0.05, 0.1) is 19.8 Å². The molecule has 1 rings (SSSR count). The molecule has 1 atom stereocenters. The summed E-state index contributed by atoms with van der Waals surface area (Å²) < 4.78 is 10.6. The van der Waals surface area contributed by atoms with Gasteiger partial charge in [-0.2, -0.15) is 0 Å². The van der Waals surface area contributed by atoms with Crippen molar-refractivity contribution in [3.63, 3.8) is 0 Å². The average molecular weight is 194 g/mol. The third kappa shape index (κ3) is 4.40. The molecule has 2 nitrogen and oxygen atoms in total. The predicted molar refractivity (Wildman–Crippen MR) is 57.1 cm³/mol. The zero-order valence-electron chi connectivity index (χ0n) is 8.90. The summed E-state index contributed by atoms with van der Waals surface area (Å²) in [6, 6.07) is 10.2. The molecule has 14 heavy (non-hydrogen) atoms. The Hall–Kier alpha value is -0.860. The third-order valence-corrected chi connectivity index (χ3v) is 1.97. The highest BCUT2D eigenvalue weighted by molar-refractivity contribution is 5.13. The van der Waals surface area contributed by atoms with Crippen LogP contribution in [0.1, 0.15) is 12.5 Å². The molecule has 0 N–H and O–H groups in total. The van der Waals surface area contributed by atoms with Crippen LogP contribution in [0.2, 0.25) is 0 Å². The highest BCUT2D eigenvalue weighted by Gasteiger charge is 2.00. The number of benzene rings is 1. The van der Waals surface area contributed by atoms with Crippen molar-refractivity contribution in [1.29, 1.82) is 0 Å². The number of hydrogen-bond donors (Lipinski definition) is 0.